The number of carbonyl (C=O) groups excluding carboxylic acids is 1. The first-order valence-electron chi connectivity index (χ1n) is 9.91. The van der Waals surface area contributed by atoms with Crippen molar-refractivity contribution >= 4 is 16.7 Å². The number of pyridine rings is 1. The number of amides is 1. The van der Waals surface area contributed by atoms with E-state index >= 15 is 0 Å². The second kappa shape index (κ2) is 7.67. The first-order chi connectivity index (χ1) is 14.7. The average molecular weight is 402 g/mol. The van der Waals surface area contributed by atoms with Gasteiger partial charge in [-0.25, -0.2) is 4.39 Å². The molecule has 7 heteroatoms. The van der Waals surface area contributed by atoms with E-state index in [1.807, 2.05) is 30.3 Å². The molecule has 0 spiro atoms. The molecule has 0 saturated carbocycles. The highest BCUT2D eigenvalue weighted by Gasteiger charge is 2.29. The number of fused-ring (bicyclic) bond motifs is 1. The van der Waals surface area contributed by atoms with Crippen molar-refractivity contribution in [3.63, 3.8) is 0 Å². The van der Waals surface area contributed by atoms with E-state index in [1.54, 1.807) is 23.2 Å². The number of likely N-dealkylation sites (tertiary alicyclic amines) is 1. The quantitative estimate of drug-likeness (QED) is 0.506. The molecule has 2 aromatic carbocycles. The number of halogens is 1. The van der Waals surface area contributed by atoms with Gasteiger partial charge < -0.3 is 9.42 Å². The molecule has 3 heterocycles. The molecule has 2 aromatic heterocycles. The molecule has 6 nitrogen and oxygen atoms in total. The first kappa shape index (κ1) is 18.4. The van der Waals surface area contributed by atoms with Crippen molar-refractivity contribution in [2.45, 2.75) is 18.8 Å². The number of rotatable bonds is 3. The number of aromatic nitrogens is 3. The summed E-state index contributed by atoms with van der Waals surface area (Å²) in [4.78, 5) is 23.7. The van der Waals surface area contributed by atoms with Crippen LogP contribution in [0.3, 0.4) is 0 Å². The summed E-state index contributed by atoms with van der Waals surface area (Å²) in [5, 5.41) is 6.02. The van der Waals surface area contributed by atoms with Crippen molar-refractivity contribution < 1.29 is 13.7 Å². The Labute approximate surface area is 172 Å². The van der Waals surface area contributed by atoms with Crippen LogP contribution in [0.5, 0.6) is 0 Å². The highest BCUT2D eigenvalue weighted by molar-refractivity contribution is 5.96. The molecule has 0 aliphatic carbocycles. The van der Waals surface area contributed by atoms with Crippen LogP contribution in [0.25, 0.3) is 22.2 Å². The summed E-state index contributed by atoms with van der Waals surface area (Å²) in [7, 11) is 0. The van der Waals surface area contributed by atoms with Crippen LogP contribution < -0.4 is 0 Å². The zero-order valence-corrected chi connectivity index (χ0v) is 16.2. The molecule has 1 saturated heterocycles. The van der Waals surface area contributed by atoms with E-state index in [0.29, 0.717) is 36.1 Å². The van der Waals surface area contributed by atoms with Gasteiger partial charge in [0.15, 0.2) is 0 Å². The van der Waals surface area contributed by atoms with Gasteiger partial charge in [0.2, 0.25) is 11.7 Å². The summed E-state index contributed by atoms with van der Waals surface area (Å²) < 4.78 is 18.6. The molecule has 5 rings (SSSR count). The van der Waals surface area contributed by atoms with Crippen LogP contribution in [-0.2, 0) is 0 Å². The van der Waals surface area contributed by atoms with Gasteiger partial charge in [-0.15, -0.1) is 0 Å². The van der Waals surface area contributed by atoms with Crippen LogP contribution >= 0.6 is 0 Å². The predicted octanol–water partition coefficient (Wildman–Crippen LogP) is 4.44. The smallest absolute Gasteiger partial charge is 0.272 e. The molecule has 1 aliphatic heterocycles. The van der Waals surface area contributed by atoms with E-state index in [-0.39, 0.29) is 17.6 Å². The van der Waals surface area contributed by atoms with Crippen molar-refractivity contribution in [1.29, 1.82) is 0 Å². The Hall–Kier alpha value is -3.61. The predicted molar refractivity (Wildman–Crippen MR) is 109 cm³/mol. The summed E-state index contributed by atoms with van der Waals surface area (Å²) in [6, 6.07) is 15.6. The molecule has 0 unspecified atom stereocenters. The lowest BCUT2D eigenvalue weighted by Gasteiger charge is -2.30. The number of benzene rings is 2. The summed E-state index contributed by atoms with van der Waals surface area (Å²) in [6.07, 6.45) is 3.44. The largest absolute Gasteiger partial charge is 0.339 e. The van der Waals surface area contributed by atoms with Crippen LogP contribution in [0.15, 0.2) is 65.3 Å². The molecule has 1 amide bonds. The lowest BCUT2D eigenvalue weighted by Crippen LogP contribution is -2.39. The molecular formula is C23H19FN4O2. The Kier molecular flexibility index (Phi) is 4.71. The van der Waals surface area contributed by atoms with Crippen LogP contribution in [0.4, 0.5) is 4.39 Å². The van der Waals surface area contributed by atoms with Gasteiger partial charge in [-0.3, -0.25) is 9.78 Å². The van der Waals surface area contributed by atoms with Gasteiger partial charge >= 0.3 is 0 Å². The van der Waals surface area contributed by atoms with E-state index in [9.17, 15) is 9.18 Å². The van der Waals surface area contributed by atoms with Gasteiger partial charge in [-0.2, -0.15) is 4.98 Å². The molecule has 0 radical (unpaired) electrons. The van der Waals surface area contributed by atoms with E-state index in [1.165, 1.54) is 12.1 Å². The Balaban J connectivity index is 1.34. The fourth-order valence-electron chi connectivity index (χ4n) is 3.84. The van der Waals surface area contributed by atoms with Crippen molar-refractivity contribution in [3.8, 4) is 11.4 Å². The first-order valence-corrected chi connectivity index (χ1v) is 9.91. The van der Waals surface area contributed by atoms with Crippen LogP contribution in [0.2, 0.25) is 0 Å². The fraction of sp³-hybridized carbons (Fsp3) is 0.217. The second-order valence-electron chi connectivity index (χ2n) is 7.47. The molecular weight excluding hydrogens is 383 g/mol. The van der Waals surface area contributed by atoms with Gasteiger partial charge in [0.1, 0.15) is 11.5 Å². The van der Waals surface area contributed by atoms with Crippen molar-refractivity contribution in [2.75, 3.05) is 13.1 Å². The minimum Gasteiger partial charge on any atom is -0.339 e. The van der Waals surface area contributed by atoms with Crippen molar-refractivity contribution in [2.24, 2.45) is 0 Å². The Bertz CT molecular complexity index is 1210. The standard InChI is InChI=1S/C23H19FN4O2/c24-19-9-7-15(8-10-19)21-26-22(30-27-21)18-6-3-11-28(14-18)23(29)20-12-16-4-1-2-5-17(16)13-25-20/h1-2,4-5,7-10,12-13,18H,3,6,11,14H2/t18-/m0/s1. The maximum atomic E-state index is 13.1. The fourth-order valence-corrected chi connectivity index (χ4v) is 3.84. The summed E-state index contributed by atoms with van der Waals surface area (Å²) in [6.45, 7) is 1.17. The van der Waals surface area contributed by atoms with Gasteiger partial charge in [0.05, 0.1) is 5.92 Å². The maximum Gasteiger partial charge on any atom is 0.272 e. The van der Waals surface area contributed by atoms with Gasteiger partial charge in [0.25, 0.3) is 5.91 Å². The van der Waals surface area contributed by atoms with Gasteiger partial charge in [-0.1, -0.05) is 29.4 Å². The third-order valence-electron chi connectivity index (χ3n) is 5.45. The number of piperidine rings is 1. The maximum absolute atomic E-state index is 13.1. The monoisotopic (exact) mass is 402 g/mol. The number of nitrogens with zero attached hydrogens (tertiary/aromatic N) is 4. The topological polar surface area (TPSA) is 72.1 Å². The second-order valence-corrected chi connectivity index (χ2v) is 7.47. The van der Waals surface area contributed by atoms with E-state index in [4.69, 9.17) is 4.52 Å². The number of carbonyl (C=O) groups is 1. The number of hydrogen-bond acceptors (Lipinski definition) is 5. The van der Waals surface area contributed by atoms with E-state index in [0.717, 1.165) is 23.6 Å². The minimum absolute atomic E-state index is 0.0372. The van der Waals surface area contributed by atoms with Crippen LogP contribution in [-0.4, -0.2) is 39.0 Å². The number of hydrogen-bond donors (Lipinski definition) is 0. The van der Waals surface area contributed by atoms with Crippen molar-refractivity contribution in [3.05, 3.63) is 78.2 Å². The Morgan fingerprint density at radius 2 is 1.90 bits per heavy atom. The van der Waals surface area contributed by atoms with Gasteiger partial charge in [0, 0.05) is 30.2 Å². The SMILES string of the molecule is O=C(c1cc2ccccc2cn1)N1CCC[C@H](c2nc(-c3ccc(F)cc3)no2)C1. The highest BCUT2D eigenvalue weighted by Crippen LogP contribution is 2.28. The molecule has 4 aromatic rings. The van der Waals surface area contributed by atoms with Crippen LogP contribution in [0.1, 0.15) is 35.1 Å². The average Bonchev–Trinajstić information content (AvgIpc) is 3.29. The summed E-state index contributed by atoms with van der Waals surface area (Å²) >= 11 is 0. The molecule has 1 atom stereocenters. The third kappa shape index (κ3) is 3.54. The molecule has 1 fully saturated rings. The van der Waals surface area contributed by atoms with Crippen molar-refractivity contribution in [1.82, 2.24) is 20.0 Å². The Morgan fingerprint density at radius 3 is 2.73 bits per heavy atom. The van der Waals surface area contributed by atoms with E-state index in [2.05, 4.69) is 15.1 Å². The summed E-state index contributed by atoms with van der Waals surface area (Å²) in [5.74, 6) is 0.475. The lowest BCUT2D eigenvalue weighted by atomic mass is 9.97. The minimum atomic E-state index is -0.314. The third-order valence-corrected chi connectivity index (χ3v) is 5.45. The molecule has 150 valence electrons. The zero-order valence-electron chi connectivity index (χ0n) is 16.2. The normalized spacial score (nSPS) is 16.7. The molecule has 0 bridgehead atoms. The lowest BCUT2D eigenvalue weighted by molar-refractivity contribution is 0.0690. The van der Waals surface area contributed by atoms with E-state index < -0.39 is 0 Å². The van der Waals surface area contributed by atoms with Crippen LogP contribution in [0, 0.1) is 5.82 Å². The molecule has 30 heavy (non-hydrogen) atoms. The zero-order chi connectivity index (χ0) is 20.5. The Morgan fingerprint density at radius 1 is 1.10 bits per heavy atom. The summed E-state index contributed by atoms with van der Waals surface area (Å²) in [5.41, 5.74) is 1.13. The van der Waals surface area contributed by atoms with Gasteiger partial charge in [-0.05, 0) is 48.6 Å². The molecule has 0 N–H and O–H groups in total. The highest BCUT2D eigenvalue weighted by atomic mass is 19.1. The molecule has 1 aliphatic rings.